The Morgan fingerprint density at radius 3 is 2.16 bits per heavy atom. The molecule has 150 valence electrons. The average molecular weight is 420 g/mol. The summed E-state index contributed by atoms with van der Waals surface area (Å²) in [6.07, 6.45) is 1.94. The van der Waals surface area contributed by atoms with E-state index in [1.807, 2.05) is 6.92 Å². The summed E-state index contributed by atoms with van der Waals surface area (Å²) in [6, 6.07) is 0. The Bertz CT molecular complexity index is 505. The molecule has 0 aliphatic carbocycles. The van der Waals surface area contributed by atoms with E-state index in [0.29, 0.717) is 52.2 Å². The summed E-state index contributed by atoms with van der Waals surface area (Å²) < 4.78 is 28.8. The molecule has 2 aliphatic heterocycles. The predicted molar refractivity (Wildman–Crippen MR) is 104 cm³/mol. The Labute approximate surface area is 163 Å². The van der Waals surface area contributed by atoms with Gasteiger partial charge in [-0.3, -0.25) is 9.69 Å². The molecule has 0 radical (unpaired) electrons. The molecule has 0 saturated carbocycles. The standard InChI is InChI=1S/C15H29N3O4S.2ClH/c1-3-22-13-12-17-8-10-18(11-9-17)14(19)15(23(2,20)21)4-6-16-7-5-15;;/h16H,3-13H2,1-2H3;2*1H. The molecule has 1 N–H and O–H groups in total. The molecule has 0 aromatic rings. The second-order valence-electron chi connectivity index (χ2n) is 6.35. The van der Waals surface area contributed by atoms with E-state index in [0.717, 1.165) is 19.6 Å². The average Bonchev–Trinajstić information content (AvgIpc) is 2.55. The number of hydrogen-bond acceptors (Lipinski definition) is 6. The van der Waals surface area contributed by atoms with Gasteiger partial charge < -0.3 is 15.0 Å². The van der Waals surface area contributed by atoms with Crippen molar-refractivity contribution in [2.75, 3.05) is 65.3 Å². The number of halogens is 2. The Kier molecular flexibility index (Phi) is 10.8. The minimum Gasteiger partial charge on any atom is -0.380 e. The van der Waals surface area contributed by atoms with Crippen molar-refractivity contribution < 1.29 is 17.9 Å². The van der Waals surface area contributed by atoms with Crippen LogP contribution in [0.1, 0.15) is 19.8 Å². The van der Waals surface area contributed by atoms with Gasteiger partial charge in [0.15, 0.2) is 14.6 Å². The topological polar surface area (TPSA) is 79.0 Å². The molecular weight excluding hydrogens is 389 g/mol. The Morgan fingerprint density at radius 2 is 1.68 bits per heavy atom. The van der Waals surface area contributed by atoms with Gasteiger partial charge in [0, 0.05) is 45.6 Å². The lowest BCUT2D eigenvalue weighted by Crippen LogP contribution is -2.61. The quantitative estimate of drug-likeness (QED) is 0.618. The molecule has 0 bridgehead atoms. The first kappa shape index (κ1) is 24.9. The lowest BCUT2D eigenvalue weighted by atomic mass is 9.95. The zero-order valence-corrected chi connectivity index (χ0v) is 17.5. The maximum Gasteiger partial charge on any atom is 0.244 e. The first-order valence-corrected chi connectivity index (χ1v) is 10.3. The summed E-state index contributed by atoms with van der Waals surface area (Å²) in [5, 5.41) is 3.15. The van der Waals surface area contributed by atoms with E-state index in [-0.39, 0.29) is 30.7 Å². The summed E-state index contributed by atoms with van der Waals surface area (Å²) >= 11 is 0. The van der Waals surface area contributed by atoms with E-state index in [1.54, 1.807) is 4.90 Å². The molecule has 2 fully saturated rings. The normalized spacial score (nSPS) is 21.1. The van der Waals surface area contributed by atoms with Gasteiger partial charge in [0.05, 0.1) is 6.61 Å². The van der Waals surface area contributed by atoms with Crippen LogP contribution in [0.5, 0.6) is 0 Å². The van der Waals surface area contributed by atoms with Crippen molar-refractivity contribution in [3.8, 4) is 0 Å². The fourth-order valence-electron chi connectivity index (χ4n) is 3.37. The minimum atomic E-state index is -3.43. The highest BCUT2D eigenvalue weighted by Gasteiger charge is 2.50. The lowest BCUT2D eigenvalue weighted by Gasteiger charge is -2.41. The van der Waals surface area contributed by atoms with Crippen molar-refractivity contribution >= 4 is 40.6 Å². The molecule has 2 aliphatic rings. The second-order valence-corrected chi connectivity index (χ2v) is 8.67. The van der Waals surface area contributed by atoms with E-state index >= 15 is 0 Å². The van der Waals surface area contributed by atoms with Gasteiger partial charge in [0.1, 0.15) is 0 Å². The number of nitrogens with one attached hydrogen (secondary N) is 1. The van der Waals surface area contributed by atoms with Gasteiger partial charge in [0.25, 0.3) is 0 Å². The summed E-state index contributed by atoms with van der Waals surface area (Å²) in [7, 11) is -3.43. The molecule has 2 rings (SSSR count). The molecule has 2 saturated heterocycles. The van der Waals surface area contributed by atoms with E-state index < -0.39 is 14.6 Å². The van der Waals surface area contributed by atoms with Crippen LogP contribution in [0.4, 0.5) is 0 Å². The molecule has 0 atom stereocenters. The van der Waals surface area contributed by atoms with Crippen molar-refractivity contribution in [2.24, 2.45) is 0 Å². The molecule has 2 heterocycles. The molecule has 0 unspecified atom stereocenters. The third-order valence-corrected chi connectivity index (χ3v) is 6.93. The van der Waals surface area contributed by atoms with Crippen LogP contribution in [0.3, 0.4) is 0 Å². The SMILES string of the molecule is CCOCCN1CCN(C(=O)C2(S(C)(=O)=O)CCNCC2)CC1.Cl.Cl. The van der Waals surface area contributed by atoms with Crippen LogP contribution in [0.2, 0.25) is 0 Å². The molecule has 1 amide bonds. The maximum absolute atomic E-state index is 13.0. The number of carbonyl (C=O) groups is 1. The summed E-state index contributed by atoms with van der Waals surface area (Å²) in [5.41, 5.74) is 0. The van der Waals surface area contributed by atoms with Crippen LogP contribution in [0, 0.1) is 0 Å². The highest BCUT2D eigenvalue weighted by molar-refractivity contribution is 7.92. The van der Waals surface area contributed by atoms with Crippen molar-refractivity contribution in [1.82, 2.24) is 15.1 Å². The van der Waals surface area contributed by atoms with Gasteiger partial charge in [-0.2, -0.15) is 0 Å². The van der Waals surface area contributed by atoms with Crippen LogP contribution >= 0.6 is 24.8 Å². The predicted octanol–water partition coefficient (Wildman–Crippen LogP) is 0.178. The molecule has 25 heavy (non-hydrogen) atoms. The molecule has 7 nitrogen and oxygen atoms in total. The van der Waals surface area contributed by atoms with Crippen molar-refractivity contribution in [3.63, 3.8) is 0 Å². The second kappa shape index (κ2) is 10.9. The van der Waals surface area contributed by atoms with E-state index in [4.69, 9.17) is 4.74 Å². The summed E-state index contributed by atoms with van der Waals surface area (Å²) in [6.45, 7) is 8.13. The minimum absolute atomic E-state index is 0. The van der Waals surface area contributed by atoms with Gasteiger partial charge in [-0.15, -0.1) is 24.8 Å². The van der Waals surface area contributed by atoms with E-state index in [1.165, 1.54) is 6.26 Å². The Balaban J connectivity index is 0.00000288. The zero-order valence-electron chi connectivity index (χ0n) is 15.0. The number of hydrogen-bond donors (Lipinski definition) is 1. The highest BCUT2D eigenvalue weighted by Crippen LogP contribution is 2.30. The van der Waals surface area contributed by atoms with E-state index in [2.05, 4.69) is 10.2 Å². The zero-order chi connectivity index (χ0) is 16.9. The number of amides is 1. The summed E-state index contributed by atoms with van der Waals surface area (Å²) in [5.74, 6) is -0.203. The number of piperidine rings is 1. The van der Waals surface area contributed by atoms with Crippen molar-refractivity contribution in [2.45, 2.75) is 24.5 Å². The number of sulfone groups is 1. The lowest BCUT2D eigenvalue weighted by molar-refractivity contribution is -0.136. The molecule has 0 spiro atoms. The van der Waals surface area contributed by atoms with Crippen LogP contribution < -0.4 is 5.32 Å². The molecule has 0 aromatic carbocycles. The highest BCUT2D eigenvalue weighted by atomic mass is 35.5. The fraction of sp³-hybridized carbons (Fsp3) is 0.933. The molecular formula is C15H31Cl2N3O4S. The van der Waals surface area contributed by atoms with Gasteiger partial charge in [-0.1, -0.05) is 0 Å². The fourth-order valence-corrected chi connectivity index (χ4v) is 4.77. The van der Waals surface area contributed by atoms with Gasteiger partial charge >= 0.3 is 0 Å². The van der Waals surface area contributed by atoms with Crippen molar-refractivity contribution in [1.29, 1.82) is 0 Å². The van der Waals surface area contributed by atoms with Crippen LogP contribution in [-0.4, -0.2) is 94.2 Å². The largest absolute Gasteiger partial charge is 0.380 e. The number of piperazine rings is 1. The van der Waals surface area contributed by atoms with Crippen LogP contribution in [0.25, 0.3) is 0 Å². The molecule has 10 heteroatoms. The number of ether oxygens (including phenoxy) is 1. The Hall–Kier alpha value is -0.120. The number of carbonyl (C=O) groups excluding carboxylic acids is 1. The molecule has 0 aromatic heterocycles. The Morgan fingerprint density at radius 1 is 1.12 bits per heavy atom. The summed E-state index contributed by atoms with van der Waals surface area (Å²) in [4.78, 5) is 17.0. The maximum atomic E-state index is 13.0. The third-order valence-electron chi connectivity index (χ3n) is 4.93. The number of nitrogens with zero attached hydrogens (tertiary/aromatic N) is 2. The van der Waals surface area contributed by atoms with Crippen LogP contribution in [0.15, 0.2) is 0 Å². The van der Waals surface area contributed by atoms with Gasteiger partial charge in [-0.25, -0.2) is 8.42 Å². The smallest absolute Gasteiger partial charge is 0.244 e. The first-order chi connectivity index (χ1) is 10.9. The monoisotopic (exact) mass is 419 g/mol. The van der Waals surface area contributed by atoms with Crippen LogP contribution in [-0.2, 0) is 19.4 Å². The number of rotatable bonds is 6. The first-order valence-electron chi connectivity index (χ1n) is 8.40. The van der Waals surface area contributed by atoms with E-state index in [9.17, 15) is 13.2 Å². The van der Waals surface area contributed by atoms with Crippen molar-refractivity contribution in [3.05, 3.63) is 0 Å². The van der Waals surface area contributed by atoms with Gasteiger partial charge in [0.2, 0.25) is 5.91 Å². The third kappa shape index (κ3) is 5.94. The van der Waals surface area contributed by atoms with Gasteiger partial charge in [-0.05, 0) is 32.9 Å².